The Bertz CT molecular complexity index is 873. The fourth-order valence-electron chi connectivity index (χ4n) is 2.29. The first-order valence-electron chi connectivity index (χ1n) is 8.73. The summed E-state index contributed by atoms with van der Waals surface area (Å²) in [5.74, 6) is -0.997. The molecule has 0 saturated carbocycles. The number of esters is 1. The lowest BCUT2D eigenvalue weighted by Crippen LogP contribution is -2.21. The summed E-state index contributed by atoms with van der Waals surface area (Å²) >= 11 is 1.05. The number of thioether (sulfide) groups is 1. The summed E-state index contributed by atoms with van der Waals surface area (Å²) in [6.45, 7) is 5.83. The third kappa shape index (κ3) is 6.72. The molecule has 0 spiro atoms. The second-order valence-electron chi connectivity index (χ2n) is 6.35. The molecule has 0 aliphatic rings. The zero-order chi connectivity index (χ0) is 20.5. The fourth-order valence-corrected chi connectivity index (χ4v) is 2.77. The minimum atomic E-state index is -0.566. The van der Waals surface area contributed by atoms with Crippen molar-refractivity contribution in [2.45, 2.75) is 38.4 Å². The van der Waals surface area contributed by atoms with E-state index in [9.17, 15) is 9.59 Å². The van der Waals surface area contributed by atoms with Gasteiger partial charge in [0.1, 0.15) is 5.40 Å². The number of amides is 1. The van der Waals surface area contributed by atoms with Gasteiger partial charge in [-0.3, -0.25) is 4.79 Å². The molecule has 0 radical (unpaired) electrons. The number of thiocyanates is 1. The van der Waals surface area contributed by atoms with Gasteiger partial charge in [0.05, 0.1) is 18.3 Å². The maximum absolute atomic E-state index is 12.1. The zero-order valence-electron chi connectivity index (χ0n) is 16.0. The van der Waals surface area contributed by atoms with Gasteiger partial charge in [-0.15, -0.1) is 0 Å². The van der Waals surface area contributed by atoms with Crippen LogP contribution in [0, 0.1) is 17.6 Å². The molecule has 146 valence electrons. The largest absolute Gasteiger partial charge is 0.452 e. The molecule has 0 bridgehead atoms. The molecule has 2 aromatic carbocycles. The molecule has 0 aliphatic heterocycles. The summed E-state index contributed by atoms with van der Waals surface area (Å²) in [5, 5.41) is 13.4. The summed E-state index contributed by atoms with van der Waals surface area (Å²) < 4.78 is 10.6. The SMILES string of the molecule is Cc1cc(SC#N)ccc1NC(=O)COC(=O)c1ccc(COC(C)C)cc1. The summed E-state index contributed by atoms with van der Waals surface area (Å²) in [6.07, 6.45) is 0.132. The van der Waals surface area contributed by atoms with Crippen molar-refractivity contribution < 1.29 is 19.1 Å². The number of hydrogen-bond donors (Lipinski definition) is 1. The predicted molar refractivity (Wildman–Crippen MR) is 108 cm³/mol. The van der Waals surface area contributed by atoms with Gasteiger partial charge in [-0.25, -0.2) is 4.79 Å². The molecule has 2 rings (SSSR count). The molecule has 0 saturated heterocycles. The van der Waals surface area contributed by atoms with Crippen LogP contribution in [0.25, 0.3) is 0 Å². The Hall–Kier alpha value is -2.82. The fraction of sp³-hybridized carbons (Fsp3) is 0.286. The van der Waals surface area contributed by atoms with Gasteiger partial charge in [-0.05, 0) is 74.0 Å². The van der Waals surface area contributed by atoms with Crippen LogP contribution in [-0.4, -0.2) is 24.6 Å². The van der Waals surface area contributed by atoms with Crippen LogP contribution in [0.5, 0.6) is 0 Å². The molecular formula is C21H22N2O4S. The highest BCUT2D eigenvalue weighted by atomic mass is 32.2. The molecule has 0 aliphatic carbocycles. The second kappa shape index (κ2) is 10.5. The molecule has 2 aromatic rings. The van der Waals surface area contributed by atoms with Gasteiger partial charge in [-0.2, -0.15) is 5.26 Å². The Morgan fingerprint density at radius 2 is 1.89 bits per heavy atom. The molecule has 28 heavy (non-hydrogen) atoms. The Morgan fingerprint density at radius 1 is 1.18 bits per heavy atom. The van der Waals surface area contributed by atoms with Crippen molar-refractivity contribution in [3.63, 3.8) is 0 Å². The molecule has 1 N–H and O–H groups in total. The van der Waals surface area contributed by atoms with E-state index in [4.69, 9.17) is 14.7 Å². The van der Waals surface area contributed by atoms with E-state index in [1.807, 2.05) is 26.2 Å². The van der Waals surface area contributed by atoms with Gasteiger partial charge in [-0.1, -0.05) is 12.1 Å². The number of nitrogens with one attached hydrogen (secondary N) is 1. The second-order valence-corrected chi connectivity index (χ2v) is 7.21. The molecule has 0 heterocycles. The van der Waals surface area contributed by atoms with E-state index in [-0.39, 0.29) is 12.7 Å². The average Bonchev–Trinajstić information content (AvgIpc) is 2.67. The number of nitriles is 1. The molecule has 6 nitrogen and oxygen atoms in total. The standard InChI is InChI=1S/C21H22N2O4S/c1-14(2)26-11-16-4-6-17(7-5-16)21(25)27-12-20(24)23-19-9-8-18(28-13-22)10-15(19)3/h4-10,14H,11-12H2,1-3H3,(H,23,24). The topological polar surface area (TPSA) is 88.4 Å². The van der Waals surface area contributed by atoms with Crippen LogP contribution in [0.15, 0.2) is 47.4 Å². The predicted octanol–water partition coefficient (Wildman–Crippen LogP) is 4.29. The number of ether oxygens (including phenoxy) is 2. The van der Waals surface area contributed by atoms with Crippen molar-refractivity contribution in [2.24, 2.45) is 0 Å². The molecule has 1 amide bonds. The number of anilines is 1. The third-order valence-corrected chi connectivity index (χ3v) is 4.32. The van der Waals surface area contributed by atoms with Crippen LogP contribution in [0.4, 0.5) is 5.69 Å². The Balaban J connectivity index is 1.85. The number of nitrogens with zero attached hydrogens (tertiary/aromatic N) is 1. The Kier molecular flexibility index (Phi) is 8.05. The summed E-state index contributed by atoms with van der Waals surface area (Å²) in [6, 6.07) is 12.1. The minimum absolute atomic E-state index is 0.132. The van der Waals surface area contributed by atoms with E-state index in [2.05, 4.69) is 5.32 Å². The lowest BCUT2D eigenvalue weighted by Gasteiger charge is -2.10. The van der Waals surface area contributed by atoms with Gasteiger partial charge in [0.25, 0.3) is 5.91 Å². The Morgan fingerprint density at radius 3 is 2.50 bits per heavy atom. The number of carbonyl (C=O) groups is 2. The van der Waals surface area contributed by atoms with Gasteiger partial charge >= 0.3 is 5.97 Å². The highest BCUT2D eigenvalue weighted by molar-refractivity contribution is 8.03. The van der Waals surface area contributed by atoms with Crippen LogP contribution in [-0.2, 0) is 20.9 Å². The van der Waals surface area contributed by atoms with Gasteiger partial charge in [0, 0.05) is 10.6 Å². The maximum atomic E-state index is 12.1. The van der Waals surface area contributed by atoms with Crippen molar-refractivity contribution in [2.75, 3.05) is 11.9 Å². The summed E-state index contributed by atoms with van der Waals surface area (Å²) in [5.41, 5.74) is 2.75. The van der Waals surface area contributed by atoms with Crippen LogP contribution in [0.2, 0.25) is 0 Å². The van der Waals surface area contributed by atoms with E-state index in [1.54, 1.807) is 42.5 Å². The monoisotopic (exact) mass is 398 g/mol. The lowest BCUT2D eigenvalue weighted by atomic mass is 10.1. The first kappa shape index (κ1) is 21.5. The van der Waals surface area contributed by atoms with Gasteiger partial charge in [0.15, 0.2) is 6.61 Å². The normalized spacial score (nSPS) is 10.4. The van der Waals surface area contributed by atoms with E-state index in [0.29, 0.717) is 17.9 Å². The van der Waals surface area contributed by atoms with Crippen molar-refractivity contribution in [1.29, 1.82) is 5.26 Å². The smallest absolute Gasteiger partial charge is 0.338 e. The number of carbonyl (C=O) groups excluding carboxylic acids is 2. The van der Waals surface area contributed by atoms with E-state index in [1.165, 1.54) is 0 Å². The minimum Gasteiger partial charge on any atom is -0.452 e. The maximum Gasteiger partial charge on any atom is 0.338 e. The van der Waals surface area contributed by atoms with Crippen molar-refractivity contribution >= 4 is 29.3 Å². The number of rotatable bonds is 8. The zero-order valence-corrected chi connectivity index (χ0v) is 16.8. The quantitative estimate of drug-likeness (QED) is 0.405. The van der Waals surface area contributed by atoms with Crippen LogP contribution in [0.3, 0.4) is 0 Å². The Labute approximate surface area is 168 Å². The molecule has 0 aromatic heterocycles. The molecule has 0 atom stereocenters. The number of hydrogen-bond acceptors (Lipinski definition) is 6. The van der Waals surface area contributed by atoms with Crippen molar-refractivity contribution in [3.05, 3.63) is 59.2 Å². The summed E-state index contributed by atoms with van der Waals surface area (Å²) in [7, 11) is 0. The van der Waals surface area contributed by atoms with E-state index in [0.717, 1.165) is 27.8 Å². The van der Waals surface area contributed by atoms with Gasteiger partial charge in [0.2, 0.25) is 0 Å². The van der Waals surface area contributed by atoms with Crippen LogP contribution >= 0.6 is 11.8 Å². The first-order chi connectivity index (χ1) is 13.4. The number of benzene rings is 2. The van der Waals surface area contributed by atoms with E-state index >= 15 is 0 Å². The average molecular weight is 398 g/mol. The van der Waals surface area contributed by atoms with Gasteiger partial charge < -0.3 is 14.8 Å². The third-order valence-electron chi connectivity index (χ3n) is 3.74. The number of aryl methyl sites for hydroxylation is 1. The molecule has 0 unspecified atom stereocenters. The first-order valence-corrected chi connectivity index (χ1v) is 9.54. The molecule has 0 fully saturated rings. The lowest BCUT2D eigenvalue weighted by molar-refractivity contribution is -0.119. The van der Waals surface area contributed by atoms with Crippen LogP contribution < -0.4 is 5.32 Å². The highest BCUT2D eigenvalue weighted by Gasteiger charge is 2.12. The summed E-state index contributed by atoms with van der Waals surface area (Å²) in [4.78, 5) is 24.9. The van der Waals surface area contributed by atoms with E-state index < -0.39 is 11.9 Å². The van der Waals surface area contributed by atoms with Crippen molar-refractivity contribution in [3.8, 4) is 5.40 Å². The van der Waals surface area contributed by atoms with Crippen LogP contribution in [0.1, 0.15) is 35.3 Å². The molecular weight excluding hydrogens is 376 g/mol. The van der Waals surface area contributed by atoms with Crippen molar-refractivity contribution in [1.82, 2.24) is 0 Å². The highest BCUT2D eigenvalue weighted by Crippen LogP contribution is 2.23. The molecule has 7 heteroatoms.